The van der Waals surface area contributed by atoms with Gasteiger partial charge in [-0.1, -0.05) is 11.6 Å². The lowest BCUT2D eigenvalue weighted by molar-refractivity contribution is 0.100. The Hall–Kier alpha value is -1.26. The molecule has 110 valence electrons. The van der Waals surface area contributed by atoms with Crippen molar-refractivity contribution in [2.75, 3.05) is 18.0 Å². The van der Waals surface area contributed by atoms with Crippen molar-refractivity contribution in [1.29, 1.82) is 0 Å². The molecule has 3 N–H and O–H groups in total. The molecule has 0 radical (unpaired) electrons. The predicted octanol–water partition coefficient (Wildman–Crippen LogP) is 2.41. The summed E-state index contributed by atoms with van der Waals surface area (Å²) in [5.74, 6) is -0.437. The maximum atomic E-state index is 11.7. The molecular formula is C15H22ClN3O. The van der Waals surface area contributed by atoms with Crippen molar-refractivity contribution in [2.24, 2.45) is 5.73 Å². The number of nitrogens with one attached hydrogen (secondary N) is 1. The van der Waals surface area contributed by atoms with E-state index in [1.807, 2.05) is 6.07 Å². The van der Waals surface area contributed by atoms with Crippen LogP contribution in [0.4, 0.5) is 5.69 Å². The highest BCUT2D eigenvalue weighted by Crippen LogP contribution is 2.26. The van der Waals surface area contributed by atoms with Crippen molar-refractivity contribution in [1.82, 2.24) is 5.32 Å². The largest absolute Gasteiger partial charge is 0.367 e. The average molecular weight is 296 g/mol. The van der Waals surface area contributed by atoms with Gasteiger partial charge in [0, 0.05) is 29.3 Å². The van der Waals surface area contributed by atoms with Gasteiger partial charge in [0.1, 0.15) is 0 Å². The Labute approximate surface area is 125 Å². The van der Waals surface area contributed by atoms with Crippen LogP contribution < -0.4 is 16.0 Å². The van der Waals surface area contributed by atoms with Gasteiger partial charge in [0.25, 0.3) is 5.91 Å². The van der Waals surface area contributed by atoms with Gasteiger partial charge in [-0.15, -0.1) is 0 Å². The van der Waals surface area contributed by atoms with Crippen molar-refractivity contribution in [3.8, 4) is 0 Å². The lowest BCUT2D eigenvalue weighted by atomic mass is 10.1. The van der Waals surface area contributed by atoms with Gasteiger partial charge < -0.3 is 16.0 Å². The van der Waals surface area contributed by atoms with Gasteiger partial charge in [-0.2, -0.15) is 0 Å². The minimum absolute atomic E-state index is 0.289. The monoisotopic (exact) mass is 295 g/mol. The molecule has 2 rings (SSSR count). The van der Waals surface area contributed by atoms with Gasteiger partial charge in [-0.25, -0.2) is 0 Å². The van der Waals surface area contributed by atoms with Gasteiger partial charge in [0.15, 0.2) is 0 Å². The summed E-state index contributed by atoms with van der Waals surface area (Å²) in [4.78, 5) is 13.9. The van der Waals surface area contributed by atoms with Crippen molar-refractivity contribution >= 4 is 23.2 Å². The lowest BCUT2D eigenvalue weighted by Crippen LogP contribution is -2.42. The Bertz CT molecular complexity index is 484. The number of halogens is 1. The maximum Gasteiger partial charge on any atom is 0.250 e. The predicted molar refractivity (Wildman–Crippen MR) is 83.5 cm³/mol. The van der Waals surface area contributed by atoms with Crippen molar-refractivity contribution in [2.45, 2.75) is 38.8 Å². The first-order chi connectivity index (χ1) is 9.49. The van der Waals surface area contributed by atoms with E-state index in [9.17, 15) is 4.79 Å². The molecule has 1 atom stereocenters. The molecule has 0 spiro atoms. The molecule has 1 aromatic carbocycles. The van der Waals surface area contributed by atoms with Crippen LogP contribution in [0.1, 0.15) is 37.0 Å². The normalized spacial score (nSPS) is 18.5. The number of hydrogen-bond donors (Lipinski definition) is 2. The third kappa shape index (κ3) is 3.44. The summed E-state index contributed by atoms with van der Waals surface area (Å²) in [5, 5.41) is 4.02. The zero-order valence-corrected chi connectivity index (χ0v) is 12.8. The summed E-state index contributed by atoms with van der Waals surface area (Å²) >= 11 is 5.98. The molecule has 1 aliphatic heterocycles. The highest BCUT2D eigenvalue weighted by molar-refractivity contribution is 6.31. The number of carbonyl (C=O) groups is 1. The summed E-state index contributed by atoms with van der Waals surface area (Å²) in [6, 6.07) is 6.10. The first-order valence-electron chi connectivity index (χ1n) is 7.08. The second-order valence-corrected chi connectivity index (χ2v) is 6.00. The lowest BCUT2D eigenvalue weighted by Gasteiger charge is -2.33. The number of anilines is 1. The molecule has 1 fully saturated rings. The summed E-state index contributed by atoms with van der Waals surface area (Å²) in [7, 11) is 0. The molecular weight excluding hydrogens is 274 g/mol. The molecule has 0 bridgehead atoms. The van der Waals surface area contributed by atoms with Crippen molar-refractivity contribution < 1.29 is 4.79 Å². The maximum absolute atomic E-state index is 11.7. The van der Waals surface area contributed by atoms with Crippen LogP contribution in [0.2, 0.25) is 5.02 Å². The molecule has 20 heavy (non-hydrogen) atoms. The second kappa shape index (κ2) is 6.46. The van der Waals surface area contributed by atoms with E-state index >= 15 is 0 Å². The number of carbonyl (C=O) groups excluding carboxylic acids is 1. The SMILES string of the molecule is CC(C)N(CC1CCCN1)c1ccc(Cl)cc1C(N)=O. The Kier molecular flexibility index (Phi) is 4.89. The molecule has 1 heterocycles. The molecule has 1 saturated heterocycles. The third-order valence-electron chi connectivity index (χ3n) is 3.74. The number of benzene rings is 1. The van der Waals surface area contributed by atoms with Crippen LogP contribution in [-0.2, 0) is 0 Å². The Morgan fingerprint density at radius 3 is 2.85 bits per heavy atom. The first-order valence-corrected chi connectivity index (χ1v) is 7.46. The number of primary amides is 1. The van der Waals surface area contributed by atoms with Gasteiger partial charge in [0.2, 0.25) is 0 Å². The minimum Gasteiger partial charge on any atom is -0.367 e. The van der Waals surface area contributed by atoms with Crippen LogP contribution in [0.5, 0.6) is 0 Å². The molecule has 0 aromatic heterocycles. The fourth-order valence-corrected chi connectivity index (χ4v) is 2.87. The van der Waals surface area contributed by atoms with E-state index in [2.05, 4.69) is 24.1 Å². The van der Waals surface area contributed by atoms with Crippen LogP contribution in [-0.4, -0.2) is 31.1 Å². The van der Waals surface area contributed by atoms with E-state index in [4.69, 9.17) is 17.3 Å². The summed E-state index contributed by atoms with van der Waals surface area (Å²) in [6.07, 6.45) is 2.38. The van der Waals surface area contributed by atoms with Crippen LogP contribution in [0.3, 0.4) is 0 Å². The van der Waals surface area contributed by atoms with E-state index < -0.39 is 5.91 Å². The molecule has 1 aliphatic rings. The van der Waals surface area contributed by atoms with Crippen molar-refractivity contribution in [3.05, 3.63) is 28.8 Å². The summed E-state index contributed by atoms with van der Waals surface area (Å²) in [5.41, 5.74) is 6.85. The molecule has 0 saturated carbocycles. The molecule has 5 heteroatoms. The summed E-state index contributed by atoms with van der Waals surface area (Å²) < 4.78 is 0. The molecule has 1 amide bonds. The third-order valence-corrected chi connectivity index (χ3v) is 3.97. The molecule has 1 aromatic rings. The average Bonchev–Trinajstić information content (AvgIpc) is 2.89. The second-order valence-electron chi connectivity index (χ2n) is 5.57. The molecule has 4 nitrogen and oxygen atoms in total. The van der Waals surface area contributed by atoms with E-state index in [0.717, 1.165) is 18.8 Å². The van der Waals surface area contributed by atoms with E-state index in [0.29, 0.717) is 16.6 Å². The van der Waals surface area contributed by atoms with Gasteiger partial charge in [-0.3, -0.25) is 4.79 Å². The highest BCUT2D eigenvalue weighted by Gasteiger charge is 2.23. The van der Waals surface area contributed by atoms with Crippen LogP contribution >= 0.6 is 11.6 Å². The summed E-state index contributed by atoms with van der Waals surface area (Å²) in [6.45, 7) is 6.18. The Morgan fingerprint density at radius 2 is 2.30 bits per heavy atom. The van der Waals surface area contributed by atoms with E-state index in [1.54, 1.807) is 12.1 Å². The zero-order valence-electron chi connectivity index (χ0n) is 12.0. The smallest absolute Gasteiger partial charge is 0.250 e. The Morgan fingerprint density at radius 1 is 1.55 bits per heavy atom. The van der Waals surface area contributed by atoms with E-state index in [-0.39, 0.29) is 6.04 Å². The molecule has 0 aliphatic carbocycles. The number of hydrogen-bond acceptors (Lipinski definition) is 3. The zero-order chi connectivity index (χ0) is 14.7. The van der Waals surface area contributed by atoms with Crippen LogP contribution in [0, 0.1) is 0 Å². The van der Waals surface area contributed by atoms with Gasteiger partial charge in [-0.05, 0) is 51.4 Å². The minimum atomic E-state index is -0.437. The quantitative estimate of drug-likeness (QED) is 0.877. The number of rotatable bonds is 5. The van der Waals surface area contributed by atoms with Crippen LogP contribution in [0.25, 0.3) is 0 Å². The fraction of sp³-hybridized carbons (Fsp3) is 0.533. The standard InChI is InChI=1S/C15H22ClN3O/c1-10(2)19(9-12-4-3-7-18-12)14-6-5-11(16)8-13(14)15(17)20/h5-6,8,10,12,18H,3-4,7,9H2,1-2H3,(H2,17,20). The molecule has 1 unspecified atom stereocenters. The van der Waals surface area contributed by atoms with Crippen molar-refractivity contribution in [3.63, 3.8) is 0 Å². The first kappa shape index (κ1) is 15.1. The van der Waals surface area contributed by atoms with Gasteiger partial charge in [0.05, 0.1) is 5.56 Å². The van der Waals surface area contributed by atoms with Gasteiger partial charge >= 0.3 is 0 Å². The number of nitrogens with two attached hydrogens (primary N) is 1. The highest BCUT2D eigenvalue weighted by atomic mass is 35.5. The van der Waals surface area contributed by atoms with Crippen LogP contribution in [0.15, 0.2) is 18.2 Å². The van der Waals surface area contributed by atoms with E-state index in [1.165, 1.54) is 12.8 Å². The Balaban J connectivity index is 2.30. The number of amides is 1. The fourth-order valence-electron chi connectivity index (χ4n) is 2.69. The number of nitrogens with zero attached hydrogens (tertiary/aromatic N) is 1. The topological polar surface area (TPSA) is 58.4 Å².